The fraction of sp³-hybridized carbons (Fsp3) is 0.200. The fourth-order valence-electron chi connectivity index (χ4n) is 0.141. The average Bonchev–Trinajstić information content (AvgIpc) is 1.68. The highest BCUT2D eigenvalue weighted by Crippen LogP contribution is 1.74. The van der Waals surface area contributed by atoms with Gasteiger partial charge in [0.1, 0.15) is 0 Å². The van der Waals surface area contributed by atoms with E-state index in [1.165, 1.54) is 0 Å². The Kier molecular flexibility index (Phi) is 3.02. The molecule has 7 heavy (non-hydrogen) atoms. The largest absolute Gasteiger partial charge is 0.462 e. The summed E-state index contributed by atoms with van der Waals surface area (Å²) in [6, 6.07) is 0. The van der Waals surface area contributed by atoms with Crippen LogP contribution in [0.5, 0.6) is 0 Å². The number of hydrogen-bond donors (Lipinski definition) is 0. The smallest absolute Gasteiger partial charge is 0.330 e. The highest BCUT2D eigenvalue weighted by atomic mass is 16.5. The van der Waals surface area contributed by atoms with Crippen LogP contribution in [0.25, 0.3) is 0 Å². The first-order chi connectivity index (χ1) is 3.31. The van der Waals surface area contributed by atoms with Crippen molar-refractivity contribution >= 4 is 5.97 Å². The minimum atomic E-state index is -0.484. The van der Waals surface area contributed by atoms with Gasteiger partial charge in [0.25, 0.3) is 0 Å². The third-order valence-corrected chi connectivity index (χ3v) is 0.392. The standard InChI is InChI=1S/C5H6O2/c1-3-5(6)7-4-2/h2-3H,1,4H2. The van der Waals surface area contributed by atoms with Gasteiger partial charge in [-0.15, -0.1) is 0 Å². The van der Waals surface area contributed by atoms with Gasteiger partial charge >= 0.3 is 5.97 Å². The van der Waals surface area contributed by atoms with E-state index in [0.717, 1.165) is 6.08 Å². The Bertz CT molecular complexity index is 76.1. The average molecular weight is 98.1 g/mol. The Morgan fingerprint density at radius 1 is 2.00 bits per heavy atom. The molecular weight excluding hydrogens is 92.1 g/mol. The first-order valence-corrected chi connectivity index (χ1v) is 1.80. The Morgan fingerprint density at radius 3 is 2.71 bits per heavy atom. The van der Waals surface area contributed by atoms with E-state index in [4.69, 9.17) is 6.92 Å². The molecule has 0 aliphatic rings. The van der Waals surface area contributed by atoms with E-state index in [1.807, 2.05) is 0 Å². The molecule has 0 saturated heterocycles. The molecule has 0 aromatic carbocycles. The molecule has 0 aromatic rings. The van der Waals surface area contributed by atoms with Crippen LogP contribution in [-0.4, -0.2) is 12.6 Å². The lowest BCUT2D eigenvalue weighted by Crippen LogP contribution is -1.97. The molecule has 0 aliphatic carbocycles. The van der Waals surface area contributed by atoms with E-state index in [2.05, 4.69) is 11.3 Å². The van der Waals surface area contributed by atoms with Crippen LogP contribution in [0.2, 0.25) is 0 Å². The first kappa shape index (κ1) is 6.21. The summed E-state index contributed by atoms with van der Waals surface area (Å²) in [6.07, 6.45) is 1.06. The van der Waals surface area contributed by atoms with E-state index in [0.29, 0.717) is 0 Å². The minimum absolute atomic E-state index is 0.0785. The lowest BCUT2D eigenvalue weighted by molar-refractivity contribution is -0.136. The molecule has 0 saturated carbocycles. The van der Waals surface area contributed by atoms with Crippen LogP contribution < -0.4 is 0 Å². The molecule has 0 amide bonds. The molecule has 0 heterocycles. The van der Waals surface area contributed by atoms with Gasteiger partial charge in [-0.3, -0.25) is 0 Å². The van der Waals surface area contributed by atoms with Crippen molar-refractivity contribution in [2.45, 2.75) is 0 Å². The maximum absolute atomic E-state index is 9.99. The number of carbonyl (C=O) groups excluding carboxylic acids is 1. The van der Waals surface area contributed by atoms with Crippen molar-refractivity contribution < 1.29 is 9.53 Å². The van der Waals surface area contributed by atoms with Crippen molar-refractivity contribution in [3.63, 3.8) is 0 Å². The summed E-state index contributed by atoms with van der Waals surface area (Å²) in [4.78, 5) is 9.99. The molecular formula is C5H6O2. The zero-order chi connectivity index (χ0) is 5.70. The minimum Gasteiger partial charge on any atom is -0.462 e. The van der Waals surface area contributed by atoms with Crippen LogP contribution in [0.15, 0.2) is 12.7 Å². The Hall–Kier alpha value is -0.790. The lowest BCUT2D eigenvalue weighted by atomic mass is 10.6. The lowest BCUT2D eigenvalue weighted by Gasteiger charge is -1.90. The highest BCUT2D eigenvalue weighted by Gasteiger charge is 1.86. The van der Waals surface area contributed by atoms with E-state index in [9.17, 15) is 4.79 Å². The number of rotatable bonds is 2. The van der Waals surface area contributed by atoms with Crippen molar-refractivity contribution in [1.29, 1.82) is 0 Å². The van der Waals surface area contributed by atoms with Gasteiger partial charge in [-0.05, 0) is 0 Å². The molecule has 0 spiro atoms. The molecule has 0 fully saturated rings. The Morgan fingerprint density at radius 2 is 2.57 bits per heavy atom. The third-order valence-electron chi connectivity index (χ3n) is 0.392. The maximum atomic E-state index is 9.99. The van der Waals surface area contributed by atoms with Crippen molar-refractivity contribution in [3.05, 3.63) is 19.6 Å². The molecule has 2 nitrogen and oxygen atoms in total. The number of ether oxygens (including phenoxy) is 1. The van der Waals surface area contributed by atoms with Gasteiger partial charge in [-0.25, -0.2) is 4.79 Å². The summed E-state index contributed by atoms with van der Waals surface area (Å²) in [6.45, 7) is 7.88. The summed E-state index contributed by atoms with van der Waals surface area (Å²) >= 11 is 0. The maximum Gasteiger partial charge on any atom is 0.330 e. The molecule has 0 rings (SSSR count). The second-order valence-electron chi connectivity index (χ2n) is 0.834. The van der Waals surface area contributed by atoms with Gasteiger partial charge in [0.05, 0.1) is 6.61 Å². The Labute approximate surface area is 42.8 Å². The second-order valence-corrected chi connectivity index (χ2v) is 0.834. The summed E-state index contributed by atoms with van der Waals surface area (Å²) in [5.41, 5.74) is 0. The van der Waals surface area contributed by atoms with Crippen LogP contribution in [0.3, 0.4) is 0 Å². The van der Waals surface area contributed by atoms with Gasteiger partial charge in [0, 0.05) is 13.0 Å². The summed E-state index contributed by atoms with van der Waals surface area (Å²) in [7, 11) is 0. The van der Waals surface area contributed by atoms with Gasteiger partial charge in [-0.2, -0.15) is 0 Å². The predicted molar refractivity (Wildman–Crippen MR) is 25.5 cm³/mol. The van der Waals surface area contributed by atoms with Crippen LogP contribution in [0.4, 0.5) is 0 Å². The third kappa shape index (κ3) is 3.03. The van der Waals surface area contributed by atoms with Crippen LogP contribution in [0.1, 0.15) is 0 Å². The molecule has 2 radical (unpaired) electrons. The van der Waals surface area contributed by atoms with Crippen LogP contribution in [-0.2, 0) is 9.53 Å². The zero-order valence-corrected chi connectivity index (χ0v) is 3.89. The normalized spacial score (nSPS) is 7.57. The molecule has 38 valence electrons. The summed E-state index contributed by atoms with van der Waals surface area (Å²) < 4.78 is 4.21. The van der Waals surface area contributed by atoms with Crippen molar-refractivity contribution in [2.75, 3.05) is 6.61 Å². The molecule has 0 bridgehead atoms. The van der Waals surface area contributed by atoms with Crippen molar-refractivity contribution in [1.82, 2.24) is 0 Å². The topological polar surface area (TPSA) is 26.3 Å². The molecule has 0 N–H and O–H groups in total. The molecule has 2 heteroatoms. The predicted octanol–water partition coefficient (Wildman–Crippen LogP) is 0.427. The molecule has 0 unspecified atom stereocenters. The Balaban J connectivity index is 3.17. The van der Waals surface area contributed by atoms with E-state index < -0.39 is 5.97 Å². The van der Waals surface area contributed by atoms with Crippen molar-refractivity contribution in [3.8, 4) is 0 Å². The highest BCUT2D eigenvalue weighted by molar-refractivity contribution is 5.81. The van der Waals surface area contributed by atoms with E-state index in [-0.39, 0.29) is 6.61 Å². The van der Waals surface area contributed by atoms with E-state index in [1.54, 1.807) is 0 Å². The van der Waals surface area contributed by atoms with Gasteiger partial charge in [0.2, 0.25) is 0 Å². The second kappa shape index (κ2) is 3.40. The van der Waals surface area contributed by atoms with Crippen LogP contribution in [0, 0.1) is 6.92 Å². The van der Waals surface area contributed by atoms with Gasteiger partial charge in [0.15, 0.2) is 0 Å². The van der Waals surface area contributed by atoms with Gasteiger partial charge in [-0.1, -0.05) is 6.58 Å². The molecule has 0 aliphatic heterocycles. The van der Waals surface area contributed by atoms with Gasteiger partial charge < -0.3 is 4.74 Å². The van der Waals surface area contributed by atoms with E-state index >= 15 is 0 Å². The SMILES string of the molecule is [CH]COC(=O)C=C. The fourth-order valence-corrected chi connectivity index (χ4v) is 0.141. The number of carbonyl (C=O) groups is 1. The first-order valence-electron chi connectivity index (χ1n) is 1.80. The van der Waals surface area contributed by atoms with Crippen molar-refractivity contribution in [2.24, 2.45) is 0 Å². The monoisotopic (exact) mass is 98.0 g/mol. The van der Waals surface area contributed by atoms with Crippen LogP contribution >= 0.6 is 0 Å². The summed E-state index contributed by atoms with van der Waals surface area (Å²) in [5.74, 6) is -0.484. The summed E-state index contributed by atoms with van der Waals surface area (Å²) in [5, 5.41) is 0. The molecule has 0 aromatic heterocycles. The number of esters is 1. The molecule has 0 atom stereocenters. The number of hydrogen-bond acceptors (Lipinski definition) is 2. The zero-order valence-electron chi connectivity index (χ0n) is 3.89. The quantitative estimate of drug-likeness (QED) is 0.369.